The average molecular weight is 330 g/mol. The van der Waals surface area contributed by atoms with Crippen LogP contribution in [0.15, 0.2) is 22.7 Å². The fraction of sp³-hybridized carbons (Fsp3) is 0.571. The lowest BCUT2D eigenvalue weighted by Gasteiger charge is -2.40. The van der Waals surface area contributed by atoms with E-state index in [1.165, 1.54) is 6.07 Å². The minimum atomic E-state index is -0.184. The van der Waals surface area contributed by atoms with Crippen LogP contribution in [0.5, 0.6) is 0 Å². The van der Waals surface area contributed by atoms with Crippen molar-refractivity contribution in [2.45, 2.75) is 18.5 Å². The molecule has 0 amide bonds. The first-order valence-corrected chi connectivity index (χ1v) is 7.35. The molecule has 0 aromatic heterocycles. The number of likely N-dealkylation sites (N-methyl/N-ethyl adjacent to an activating group) is 2. The number of hydrogen-bond acceptors (Lipinski definition) is 3. The summed E-state index contributed by atoms with van der Waals surface area (Å²) in [5.41, 5.74) is 6.99. The van der Waals surface area contributed by atoms with Crippen LogP contribution in [0, 0.1) is 5.82 Å². The summed E-state index contributed by atoms with van der Waals surface area (Å²) >= 11 is 3.27. The van der Waals surface area contributed by atoms with E-state index in [2.05, 4.69) is 39.8 Å². The maximum atomic E-state index is 13.8. The van der Waals surface area contributed by atoms with Gasteiger partial charge in [0.05, 0.1) is 0 Å². The van der Waals surface area contributed by atoms with E-state index >= 15 is 0 Å². The van der Waals surface area contributed by atoms with E-state index in [0.29, 0.717) is 12.0 Å². The minimum absolute atomic E-state index is 0.0524. The van der Waals surface area contributed by atoms with Crippen molar-refractivity contribution in [1.82, 2.24) is 9.80 Å². The lowest BCUT2D eigenvalue weighted by molar-refractivity contribution is 0.0971. The highest BCUT2D eigenvalue weighted by molar-refractivity contribution is 9.10. The number of nitrogens with zero attached hydrogens (tertiary/aromatic N) is 2. The van der Waals surface area contributed by atoms with Crippen LogP contribution in [-0.4, -0.2) is 55.6 Å². The summed E-state index contributed by atoms with van der Waals surface area (Å²) in [7, 11) is 4.20. The summed E-state index contributed by atoms with van der Waals surface area (Å²) in [5.74, 6) is -0.184. The smallest absolute Gasteiger partial charge is 0.127 e. The molecule has 1 saturated heterocycles. The van der Waals surface area contributed by atoms with Crippen molar-refractivity contribution in [2.75, 3.05) is 33.7 Å². The summed E-state index contributed by atoms with van der Waals surface area (Å²) in [6.07, 6.45) is 0.571. The van der Waals surface area contributed by atoms with E-state index in [1.807, 2.05) is 12.1 Å². The topological polar surface area (TPSA) is 32.5 Å². The van der Waals surface area contributed by atoms with Crippen LogP contribution >= 0.6 is 15.9 Å². The highest BCUT2D eigenvalue weighted by Crippen LogP contribution is 2.18. The Bertz CT molecular complexity index is 441. The number of benzene rings is 1. The second-order valence-corrected chi connectivity index (χ2v) is 6.33. The fourth-order valence-corrected chi connectivity index (χ4v) is 2.92. The summed E-state index contributed by atoms with van der Waals surface area (Å²) < 4.78 is 14.6. The first-order valence-electron chi connectivity index (χ1n) is 6.55. The third-order valence-corrected chi connectivity index (χ3v) is 4.36. The van der Waals surface area contributed by atoms with Gasteiger partial charge in [-0.3, -0.25) is 4.90 Å². The molecule has 0 spiro atoms. The second-order valence-electron chi connectivity index (χ2n) is 5.41. The van der Waals surface area contributed by atoms with E-state index < -0.39 is 0 Å². The van der Waals surface area contributed by atoms with Crippen LogP contribution < -0.4 is 5.73 Å². The lowest BCUT2D eigenvalue weighted by atomic mass is 9.97. The van der Waals surface area contributed by atoms with E-state index in [0.717, 1.165) is 24.1 Å². The Kier molecular flexibility index (Phi) is 4.95. The molecule has 2 atom stereocenters. The zero-order valence-electron chi connectivity index (χ0n) is 11.4. The zero-order chi connectivity index (χ0) is 14.0. The molecule has 19 heavy (non-hydrogen) atoms. The molecular weight excluding hydrogens is 309 g/mol. The Morgan fingerprint density at radius 1 is 1.42 bits per heavy atom. The molecule has 3 nitrogen and oxygen atoms in total. The number of halogens is 2. The third-order valence-electron chi connectivity index (χ3n) is 3.86. The minimum Gasteiger partial charge on any atom is -0.326 e. The quantitative estimate of drug-likeness (QED) is 0.916. The van der Waals surface area contributed by atoms with Gasteiger partial charge >= 0.3 is 0 Å². The van der Waals surface area contributed by atoms with Gasteiger partial charge in [0.15, 0.2) is 0 Å². The van der Waals surface area contributed by atoms with Crippen molar-refractivity contribution in [3.8, 4) is 0 Å². The number of hydrogen-bond donors (Lipinski definition) is 1. The summed E-state index contributed by atoms with van der Waals surface area (Å²) in [5, 5.41) is 0. The van der Waals surface area contributed by atoms with Gasteiger partial charge in [0.1, 0.15) is 5.82 Å². The maximum Gasteiger partial charge on any atom is 0.127 e. The molecule has 1 aliphatic heterocycles. The molecule has 2 N–H and O–H groups in total. The van der Waals surface area contributed by atoms with Crippen LogP contribution in [0.2, 0.25) is 0 Å². The van der Waals surface area contributed by atoms with Crippen LogP contribution in [0.25, 0.3) is 0 Å². The van der Waals surface area contributed by atoms with Crippen molar-refractivity contribution in [2.24, 2.45) is 5.73 Å². The Morgan fingerprint density at radius 2 is 2.16 bits per heavy atom. The Balaban J connectivity index is 2.05. The molecule has 0 aliphatic carbocycles. The fourth-order valence-electron chi connectivity index (χ4n) is 2.58. The van der Waals surface area contributed by atoms with Crippen molar-refractivity contribution in [3.05, 3.63) is 34.1 Å². The van der Waals surface area contributed by atoms with Crippen molar-refractivity contribution >= 4 is 15.9 Å². The zero-order valence-corrected chi connectivity index (χ0v) is 13.0. The Hall–Kier alpha value is -0.490. The van der Waals surface area contributed by atoms with E-state index in [9.17, 15) is 4.39 Å². The summed E-state index contributed by atoms with van der Waals surface area (Å²) in [4.78, 5) is 4.56. The molecular formula is C14H21BrFN3. The second kappa shape index (κ2) is 6.31. The molecule has 5 heteroatoms. The number of rotatable bonds is 3. The van der Waals surface area contributed by atoms with E-state index in [-0.39, 0.29) is 17.9 Å². The van der Waals surface area contributed by atoms with Gasteiger partial charge in [-0.15, -0.1) is 0 Å². The molecule has 1 aliphatic rings. The molecule has 0 radical (unpaired) electrons. The van der Waals surface area contributed by atoms with Gasteiger partial charge in [-0.1, -0.05) is 22.0 Å². The van der Waals surface area contributed by atoms with Crippen LogP contribution in [0.1, 0.15) is 5.56 Å². The van der Waals surface area contributed by atoms with Crippen molar-refractivity contribution in [3.63, 3.8) is 0 Å². The molecule has 106 valence electrons. The van der Waals surface area contributed by atoms with Gasteiger partial charge in [-0.05, 0) is 38.2 Å². The molecule has 0 bridgehead atoms. The van der Waals surface area contributed by atoms with Gasteiger partial charge in [-0.25, -0.2) is 4.39 Å². The van der Waals surface area contributed by atoms with Gasteiger partial charge in [0, 0.05) is 36.2 Å². The number of nitrogens with two attached hydrogens (primary N) is 1. The molecule has 1 aromatic rings. The molecule has 1 aromatic carbocycles. The Labute approximate surface area is 122 Å². The summed E-state index contributed by atoms with van der Waals surface area (Å²) in [6.45, 7) is 3.01. The molecule has 0 saturated carbocycles. The lowest BCUT2D eigenvalue weighted by Crippen LogP contribution is -2.58. The molecule has 1 fully saturated rings. The average Bonchev–Trinajstić information content (AvgIpc) is 2.35. The normalized spacial score (nSPS) is 23.5. The maximum absolute atomic E-state index is 13.8. The van der Waals surface area contributed by atoms with Gasteiger partial charge < -0.3 is 10.6 Å². The van der Waals surface area contributed by atoms with Crippen LogP contribution in [0.4, 0.5) is 4.39 Å². The predicted molar refractivity (Wildman–Crippen MR) is 79.7 cm³/mol. The van der Waals surface area contributed by atoms with Gasteiger partial charge in [0.2, 0.25) is 0 Å². The highest BCUT2D eigenvalue weighted by atomic mass is 79.9. The first kappa shape index (κ1) is 14.9. The summed E-state index contributed by atoms with van der Waals surface area (Å²) in [6, 6.07) is 5.40. The van der Waals surface area contributed by atoms with E-state index in [4.69, 9.17) is 5.73 Å². The Morgan fingerprint density at radius 3 is 2.84 bits per heavy atom. The number of piperazine rings is 1. The molecule has 1 heterocycles. The van der Waals surface area contributed by atoms with Crippen molar-refractivity contribution < 1.29 is 4.39 Å². The van der Waals surface area contributed by atoms with Crippen molar-refractivity contribution in [1.29, 1.82) is 0 Å². The monoisotopic (exact) mass is 329 g/mol. The molecule has 2 unspecified atom stereocenters. The SMILES string of the molecule is CN1CCN(C)C(C(N)Cc2ccc(Br)cc2F)C1. The highest BCUT2D eigenvalue weighted by Gasteiger charge is 2.28. The third kappa shape index (κ3) is 3.75. The molecule has 2 rings (SSSR count). The standard InChI is InChI=1S/C14H21BrFN3/c1-18-5-6-19(2)14(9-18)13(17)7-10-3-4-11(15)8-12(10)16/h3-4,8,13-14H,5-7,9,17H2,1-2H3. The van der Waals surface area contributed by atoms with Crippen LogP contribution in [-0.2, 0) is 6.42 Å². The van der Waals surface area contributed by atoms with Gasteiger partial charge in [-0.2, -0.15) is 0 Å². The largest absolute Gasteiger partial charge is 0.326 e. The van der Waals surface area contributed by atoms with Gasteiger partial charge in [0.25, 0.3) is 0 Å². The first-order chi connectivity index (χ1) is 8.97. The van der Waals surface area contributed by atoms with E-state index in [1.54, 1.807) is 0 Å². The predicted octanol–water partition coefficient (Wildman–Crippen LogP) is 1.70. The van der Waals surface area contributed by atoms with Crippen LogP contribution in [0.3, 0.4) is 0 Å².